The van der Waals surface area contributed by atoms with Gasteiger partial charge in [-0.25, -0.2) is 4.98 Å². The summed E-state index contributed by atoms with van der Waals surface area (Å²) in [5.74, 6) is 1.94. The number of benzene rings is 1. The highest BCUT2D eigenvalue weighted by atomic mass is 16.5. The fraction of sp³-hybridized carbons (Fsp3) is 0.500. The van der Waals surface area contributed by atoms with Gasteiger partial charge in [-0.2, -0.15) is 0 Å². The number of carbonyl (C=O) groups excluding carboxylic acids is 1. The Bertz CT molecular complexity index is 866. The zero-order chi connectivity index (χ0) is 20.8. The molecule has 2 heterocycles. The highest BCUT2D eigenvalue weighted by Gasteiger charge is 2.25. The second kappa shape index (κ2) is 9.83. The third kappa shape index (κ3) is 5.23. The monoisotopic (exact) mass is 409 g/mol. The van der Waals surface area contributed by atoms with Crippen LogP contribution in [0.15, 0.2) is 42.5 Å². The molecule has 1 saturated carbocycles. The summed E-state index contributed by atoms with van der Waals surface area (Å²) in [4.78, 5) is 19.1. The third-order valence-electron chi connectivity index (χ3n) is 6.10. The Kier molecular flexibility index (Phi) is 6.72. The smallest absolute Gasteiger partial charge is 0.289 e. The number of amides is 1. The number of hydrogen-bond acceptors (Lipinski definition) is 4. The number of ether oxygens (including phenoxy) is 2. The molecule has 1 saturated heterocycles. The molecule has 6 nitrogen and oxygen atoms in total. The molecule has 1 aliphatic carbocycles. The first-order valence-corrected chi connectivity index (χ1v) is 11.0. The van der Waals surface area contributed by atoms with E-state index in [1.807, 2.05) is 41.7 Å². The zero-order valence-corrected chi connectivity index (χ0v) is 17.8. The van der Waals surface area contributed by atoms with Crippen molar-refractivity contribution in [3.05, 3.63) is 53.8 Å². The van der Waals surface area contributed by atoms with Gasteiger partial charge in [0.25, 0.3) is 5.91 Å². The number of aromatic nitrogens is 2. The summed E-state index contributed by atoms with van der Waals surface area (Å²) in [5, 5.41) is 0. The van der Waals surface area contributed by atoms with Crippen LogP contribution in [0.3, 0.4) is 0 Å². The summed E-state index contributed by atoms with van der Waals surface area (Å²) in [6.45, 7) is 2.62. The second-order valence-corrected chi connectivity index (χ2v) is 8.26. The molecule has 0 unspecified atom stereocenters. The average Bonchev–Trinajstić information content (AvgIpc) is 3.24. The van der Waals surface area contributed by atoms with Gasteiger partial charge in [0.1, 0.15) is 12.4 Å². The predicted octanol–water partition coefficient (Wildman–Crippen LogP) is 4.26. The highest BCUT2D eigenvalue weighted by molar-refractivity contribution is 5.96. The Morgan fingerprint density at radius 3 is 2.77 bits per heavy atom. The Labute approximate surface area is 178 Å². The molecule has 0 bridgehead atoms. The van der Waals surface area contributed by atoms with E-state index in [2.05, 4.69) is 9.55 Å². The van der Waals surface area contributed by atoms with Crippen molar-refractivity contribution in [2.75, 3.05) is 20.3 Å². The lowest BCUT2D eigenvalue weighted by atomic mass is 9.87. The van der Waals surface area contributed by atoms with E-state index in [-0.39, 0.29) is 5.91 Å². The maximum absolute atomic E-state index is 12.9. The van der Waals surface area contributed by atoms with Gasteiger partial charge >= 0.3 is 0 Å². The van der Waals surface area contributed by atoms with Crippen molar-refractivity contribution < 1.29 is 14.3 Å². The Morgan fingerprint density at radius 2 is 2.00 bits per heavy atom. The van der Waals surface area contributed by atoms with E-state index in [4.69, 9.17) is 9.47 Å². The van der Waals surface area contributed by atoms with Gasteiger partial charge in [0.2, 0.25) is 0 Å². The van der Waals surface area contributed by atoms with Gasteiger partial charge in [-0.1, -0.05) is 44.2 Å². The molecule has 1 aromatic heterocycles. The van der Waals surface area contributed by atoms with Crippen LogP contribution in [0.25, 0.3) is 6.08 Å². The van der Waals surface area contributed by atoms with Crippen LogP contribution in [0, 0.1) is 5.92 Å². The van der Waals surface area contributed by atoms with Crippen LogP contribution in [-0.4, -0.2) is 40.6 Å². The Balaban J connectivity index is 1.35. The molecule has 0 spiro atoms. The standard InChI is InChI=1S/C24H31N3O3/c1-29-22-9-7-20(8-10-22)16-27-13-14-30-23(24(27)28)15-21-17-26(18-25-21)12-11-19-5-3-2-4-6-19/h7-10,15,17-19H,2-6,11-14,16H2,1H3/b23-15-. The summed E-state index contributed by atoms with van der Waals surface area (Å²) in [5.41, 5.74) is 1.84. The average molecular weight is 410 g/mol. The number of imidazole rings is 1. The van der Waals surface area contributed by atoms with Crippen LogP contribution in [0.1, 0.15) is 49.8 Å². The quantitative estimate of drug-likeness (QED) is 0.641. The van der Waals surface area contributed by atoms with Crippen LogP contribution in [0.4, 0.5) is 0 Å². The first-order chi connectivity index (χ1) is 14.7. The fourth-order valence-electron chi connectivity index (χ4n) is 4.31. The van der Waals surface area contributed by atoms with Gasteiger partial charge in [-0.15, -0.1) is 0 Å². The molecule has 1 aromatic carbocycles. The second-order valence-electron chi connectivity index (χ2n) is 8.26. The molecular weight excluding hydrogens is 378 g/mol. The molecule has 4 rings (SSSR count). The van der Waals surface area contributed by atoms with Crippen LogP contribution >= 0.6 is 0 Å². The summed E-state index contributed by atoms with van der Waals surface area (Å²) in [7, 11) is 1.65. The minimum atomic E-state index is -0.0891. The molecule has 2 fully saturated rings. The maximum atomic E-state index is 12.9. The molecule has 0 radical (unpaired) electrons. The molecule has 30 heavy (non-hydrogen) atoms. The maximum Gasteiger partial charge on any atom is 0.289 e. The van der Waals surface area contributed by atoms with E-state index in [9.17, 15) is 4.79 Å². The van der Waals surface area contributed by atoms with Crippen LogP contribution in [0.2, 0.25) is 0 Å². The highest BCUT2D eigenvalue weighted by Crippen LogP contribution is 2.26. The van der Waals surface area contributed by atoms with Crippen molar-refractivity contribution in [2.24, 2.45) is 5.92 Å². The van der Waals surface area contributed by atoms with E-state index in [1.54, 1.807) is 13.2 Å². The van der Waals surface area contributed by atoms with Crippen molar-refractivity contribution in [3.63, 3.8) is 0 Å². The molecule has 1 aliphatic heterocycles. The number of morpholine rings is 1. The minimum Gasteiger partial charge on any atom is -0.497 e. The number of rotatable bonds is 7. The summed E-state index contributed by atoms with van der Waals surface area (Å²) < 4.78 is 13.0. The largest absolute Gasteiger partial charge is 0.497 e. The minimum absolute atomic E-state index is 0.0891. The molecule has 6 heteroatoms. The molecule has 0 atom stereocenters. The molecule has 1 amide bonds. The molecular formula is C24H31N3O3. The topological polar surface area (TPSA) is 56.6 Å². The van der Waals surface area contributed by atoms with Crippen LogP contribution in [0.5, 0.6) is 5.75 Å². The van der Waals surface area contributed by atoms with Crippen molar-refractivity contribution in [3.8, 4) is 5.75 Å². The van der Waals surface area contributed by atoms with Gasteiger partial charge < -0.3 is 18.9 Å². The number of methoxy groups -OCH3 is 1. The number of nitrogens with zero attached hydrogens (tertiary/aromatic N) is 3. The van der Waals surface area contributed by atoms with Crippen molar-refractivity contribution in [2.45, 2.75) is 51.6 Å². The molecule has 2 aliphatic rings. The van der Waals surface area contributed by atoms with E-state index in [1.165, 1.54) is 38.5 Å². The van der Waals surface area contributed by atoms with Gasteiger partial charge in [-0.3, -0.25) is 4.79 Å². The van der Waals surface area contributed by atoms with Gasteiger partial charge in [0.05, 0.1) is 25.7 Å². The van der Waals surface area contributed by atoms with Gasteiger partial charge in [0.15, 0.2) is 5.76 Å². The lowest BCUT2D eigenvalue weighted by Gasteiger charge is -2.28. The van der Waals surface area contributed by atoms with Crippen LogP contribution in [-0.2, 0) is 22.6 Å². The van der Waals surface area contributed by atoms with Crippen molar-refractivity contribution in [1.82, 2.24) is 14.5 Å². The number of hydrogen-bond donors (Lipinski definition) is 0. The molecule has 2 aromatic rings. The SMILES string of the molecule is COc1ccc(CN2CCO/C(=C\c3cn(CCC4CCCCC4)cn3)C2=O)cc1. The number of aryl methyl sites for hydroxylation is 1. The van der Waals surface area contributed by atoms with Gasteiger partial charge in [-0.05, 0) is 30.0 Å². The number of carbonyl (C=O) groups is 1. The van der Waals surface area contributed by atoms with Crippen LogP contribution < -0.4 is 4.74 Å². The Morgan fingerprint density at radius 1 is 1.20 bits per heavy atom. The summed E-state index contributed by atoms with van der Waals surface area (Å²) in [6, 6.07) is 7.80. The summed E-state index contributed by atoms with van der Waals surface area (Å²) >= 11 is 0. The molecule has 160 valence electrons. The van der Waals surface area contributed by atoms with Crippen molar-refractivity contribution in [1.29, 1.82) is 0 Å². The van der Waals surface area contributed by atoms with E-state index < -0.39 is 0 Å². The lowest BCUT2D eigenvalue weighted by Crippen LogP contribution is -2.39. The van der Waals surface area contributed by atoms with E-state index in [0.29, 0.717) is 25.5 Å². The lowest BCUT2D eigenvalue weighted by molar-refractivity contribution is -0.136. The first-order valence-electron chi connectivity index (χ1n) is 11.0. The summed E-state index contributed by atoms with van der Waals surface area (Å²) in [6.07, 6.45) is 13.7. The first kappa shape index (κ1) is 20.5. The van der Waals surface area contributed by atoms with Gasteiger partial charge in [0, 0.05) is 25.4 Å². The van der Waals surface area contributed by atoms with Crippen molar-refractivity contribution >= 4 is 12.0 Å². The molecule has 0 N–H and O–H groups in total. The normalized spacial score (nSPS) is 19.2. The third-order valence-corrected chi connectivity index (χ3v) is 6.10. The van der Waals surface area contributed by atoms with E-state index in [0.717, 1.165) is 29.5 Å². The predicted molar refractivity (Wildman–Crippen MR) is 116 cm³/mol. The fourth-order valence-corrected chi connectivity index (χ4v) is 4.31. The van der Waals surface area contributed by atoms with E-state index >= 15 is 0 Å². The zero-order valence-electron chi connectivity index (χ0n) is 17.8. The Hall–Kier alpha value is -2.76.